The molecular weight excluding hydrogens is 384 g/mol. The minimum atomic E-state index is -0.526. The third-order valence-electron chi connectivity index (χ3n) is 4.09. The van der Waals surface area contributed by atoms with E-state index in [9.17, 15) is 9.59 Å². The smallest absolute Gasteiger partial charge is 0.291 e. The minimum absolute atomic E-state index is 0.0652. The molecule has 1 aromatic heterocycles. The van der Waals surface area contributed by atoms with Gasteiger partial charge in [0.05, 0.1) is 20.0 Å². The van der Waals surface area contributed by atoms with Gasteiger partial charge in [-0.3, -0.25) is 9.59 Å². The third kappa shape index (κ3) is 5.51. The van der Waals surface area contributed by atoms with Crippen LogP contribution in [-0.2, 0) is 4.79 Å². The summed E-state index contributed by atoms with van der Waals surface area (Å²) in [5.74, 6) is 0.490. The molecule has 0 bridgehead atoms. The lowest BCUT2D eigenvalue weighted by atomic mass is 10.1. The molecule has 7 heteroatoms. The fourth-order valence-corrected chi connectivity index (χ4v) is 2.62. The molecule has 7 nitrogen and oxygen atoms in total. The van der Waals surface area contributed by atoms with E-state index in [4.69, 9.17) is 13.9 Å². The van der Waals surface area contributed by atoms with Crippen LogP contribution < -0.4 is 20.1 Å². The highest BCUT2D eigenvalue weighted by Crippen LogP contribution is 2.18. The standard InChI is InChI=1S/C23H22N2O5/c1-3-29-19-12-8-17(9-13-19)24-22(26)20(25-23(27)21-5-4-14-30-21)15-16-6-10-18(28-2)11-7-16/h4-15H,3H2,1-2H3,(H,24,26)(H,25,27). The van der Waals surface area contributed by atoms with E-state index in [0.29, 0.717) is 29.4 Å². The molecular formula is C23H22N2O5. The summed E-state index contributed by atoms with van der Waals surface area (Å²) >= 11 is 0. The molecule has 1 heterocycles. The fourth-order valence-electron chi connectivity index (χ4n) is 2.62. The molecule has 0 aliphatic rings. The summed E-state index contributed by atoms with van der Waals surface area (Å²) < 4.78 is 15.7. The van der Waals surface area contributed by atoms with Crippen LogP contribution in [0.1, 0.15) is 23.0 Å². The molecule has 0 unspecified atom stereocenters. The average molecular weight is 406 g/mol. The summed E-state index contributed by atoms with van der Waals surface area (Å²) in [5, 5.41) is 5.38. The van der Waals surface area contributed by atoms with E-state index in [2.05, 4.69) is 10.6 Å². The largest absolute Gasteiger partial charge is 0.497 e. The molecule has 3 rings (SSSR count). The molecule has 30 heavy (non-hydrogen) atoms. The topological polar surface area (TPSA) is 89.8 Å². The van der Waals surface area contributed by atoms with Gasteiger partial charge in [-0.2, -0.15) is 0 Å². The number of benzene rings is 2. The van der Waals surface area contributed by atoms with Crippen molar-refractivity contribution in [2.75, 3.05) is 19.0 Å². The third-order valence-corrected chi connectivity index (χ3v) is 4.09. The van der Waals surface area contributed by atoms with Crippen LogP contribution in [0.2, 0.25) is 0 Å². The van der Waals surface area contributed by atoms with E-state index in [1.54, 1.807) is 67.8 Å². The van der Waals surface area contributed by atoms with Gasteiger partial charge < -0.3 is 24.5 Å². The number of carbonyl (C=O) groups is 2. The highest BCUT2D eigenvalue weighted by Gasteiger charge is 2.16. The summed E-state index contributed by atoms with van der Waals surface area (Å²) in [6.45, 7) is 2.45. The molecule has 0 fully saturated rings. The first-order chi connectivity index (χ1) is 14.6. The van der Waals surface area contributed by atoms with Crippen molar-refractivity contribution in [1.82, 2.24) is 5.32 Å². The molecule has 0 saturated heterocycles. The fraction of sp³-hybridized carbons (Fsp3) is 0.130. The van der Waals surface area contributed by atoms with Crippen LogP contribution in [0, 0.1) is 0 Å². The average Bonchev–Trinajstić information content (AvgIpc) is 3.30. The predicted molar refractivity (Wildman–Crippen MR) is 113 cm³/mol. The number of rotatable bonds is 8. The van der Waals surface area contributed by atoms with Crippen molar-refractivity contribution in [3.8, 4) is 11.5 Å². The van der Waals surface area contributed by atoms with Gasteiger partial charge in [0.25, 0.3) is 11.8 Å². The maximum Gasteiger partial charge on any atom is 0.291 e. The number of furan rings is 1. The van der Waals surface area contributed by atoms with E-state index in [1.807, 2.05) is 6.92 Å². The van der Waals surface area contributed by atoms with Crippen LogP contribution in [0.5, 0.6) is 11.5 Å². The number of hydrogen-bond donors (Lipinski definition) is 2. The predicted octanol–water partition coefficient (Wildman–Crippen LogP) is 4.10. The van der Waals surface area contributed by atoms with Gasteiger partial charge >= 0.3 is 0 Å². The summed E-state index contributed by atoms with van der Waals surface area (Å²) in [4.78, 5) is 25.3. The van der Waals surface area contributed by atoms with Gasteiger partial charge in [0.15, 0.2) is 5.76 Å². The minimum Gasteiger partial charge on any atom is -0.497 e. The monoisotopic (exact) mass is 406 g/mol. The first-order valence-corrected chi connectivity index (χ1v) is 9.34. The molecule has 0 saturated carbocycles. The molecule has 0 spiro atoms. The van der Waals surface area contributed by atoms with Gasteiger partial charge in [-0.25, -0.2) is 0 Å². The normalized spacial score (nSPS) is 10.9. The second-order valence-electron chi connectivity index (χ2n) is 6.17. The van der Waals surface area contributed by atoms with E-state index in [-0.39, 0.29) is 11.5 Å². The molecule has 2 N–H and O–H groups in total. The number of ether oxygens (including phenoxy) is 2. The Morgan fingerprint density at radius 1 is 1.00 bits per heavy atom. The van der Waals surface area contributed by atoms with Crippen molar-refractivity contribution in [2.24, 2.45) is 0 Å². The van der Waals surface area contributed by atoms with Crippen LogP contribution in [0.3, 0.4) is 0 Å². The molecule has 0 atom stereocenters. The number of amides is 2. The molecule has 0 radical (unpaired) electrons. The lowest BCUT2D eigenvalue weighted by Gasteiger charge is -2.11. The number of carbonyl (C=O) groups excluding carboxylic acids is 2. The van der Waals surface area contributed by atoms with Crippen LogP contribution >= 0.6 is 0 Å². The lowest BCUT2D eigenvalue weighted by Crippen LogP contribution is -2.30. The molecule has 2 aromatic carbocycles. The van der Waals surface area contributed by atoms with Gasteiger partial charge in [0, 0.05) is 5.69 Å². The van der Waals surface area contributed by atoms with Crippen molar-refractivity contribution in [3.05, 3.63) is 83.9 Å². The number of anilines is 1. The maximum atomic E-state index is 12.9. The summed E-state index contributed by atoms with van der Waals surface area (Å²) in [7, 11) is 1.57. The summed E-state index contributed by atoms with van der Waals surface area (Å²) in [5.41, 5.74) is 1.35. The Hall–Kier alpha value is -4.00. The van der Waals surface area contributed by atoms with E-state index < -0.39 is 11.8 Å². The van der Waals surface area contributed by atoms with Gasteiger partial charge in [-0.05, 0) is 67.1 Å². The second-order valence-corrected chi connectivity index (χ2v) is 6.17. The van der Waals surface area contributed by atoms with E-state index in [0.717, 1.165) is 0 Å². The second kappa shape index (κ2) is 9.97. The molecule has 154 valence electrons. The Bertz CT molecular complexity index is 1010. The van der Waals surface area contributed by atoms with Gasteiger partial charge in [-0.15, -0.1) is 0 Å². The Morgan fingerprint density at radius 2 is 1.70 bits per heavy atom. The molecule has 3 aromatic rings. The van der Waals surface area contributed by atoms with Crippen molar-refractivity contribution in [2.45, 2.75) is 6.92 Å². The zero-order chi connectivity index (χ0) is 21.3. The maximum absolute atomic E-state index is 12.9. The van der Waals surface area contributed by atoms with Crippen molar-refractivity contribution < 1.29 is 23.5 Å². The Labute approximate surface area is 174 Å². The summed E-state index contributed by atoms with van der Waals surface area (Å²) in [6, 6.07) is 17.2. The molecule has 2 amide bonds. The molecule has 0 aliphatic carbocycles. The van der Waals surface area contributed by atoms with Crippen LogP contribution in [0.25, 0.3) is 6.08 Å². The van der Waals surface area contributed by atoms with Crippen molar-refractivity contribution in [3.63, 3.8) is 0 Å². The highest BCUT2D eigenvalue weighted by molar-refractivity contribution is 6.10. The lowest BCUT2D eigenvalue weighted by molar-refractivity contribution is -0.113. The van der Waals surface area contributed by atoms with E-state index >= 15 is 0 Å². The van der Waals surface area contributed by atoms with Gasteiger partial charge in [0.2, 0.25) is 0 Å². The van der Waals surface area contributed by atoms with Crippen LogP contribution in [-0.4, -0.2) is 25.5 Å². The Kier molecular flexibility index (Phi) is 6.89. The number of hydrogen-bond acceptors (Lipinski definition) is 5. The Morgan fingerprint density at radius 3 is 2.30 bits per heavy atom. The number of methoxy groups -OCH3 is 1. The SMILES string of the molecule is CCOc1ccc(NC(=O)C(=Cc2ccc(OC)cc2)NC(=O)c2ccco2)cc1. The van der Waals surface area contributed by atoms with Gasteiger partial charge in [0.1, 0.15) is 17.2 Å². The highest BCUT2D eigenvalue weighted by atomic mass is 16.5. The summed E-state index contributed by atoms with van der Waals surface area (Å²) in [6.07, 6.45) is 2.96. The molecule has 0 aliphatic heterocycles. The van der Waals surface area contributed by atoms with Crippen LogP contribution in [0.15, 0.2) is 77.0 Å². The Balaban J connectivity index is 1.82. The quantitative estimate of drug-likeness (QED) is 0.550. The van der Waals surface area contributed by atoms with Crippen molar-refractivity contribution in [1.29, 1.82) is 0 Å². The first kappa shape index (κ1) is 20.7. The first-order valence-electron chi connectivity index (χ1n) is 9.34. The zero-order valence-electron chi connectivity index (χ0n) is 16.7. The van der Waals surface area contributed by atoms with Crippen molar-refractivity contribution >= 4 is 23.6 Å². The number of nitrogens with one attached hydrogen (secondary N) is 2. The van der Waals surface area contributed by atoms with Crippen LogP contribution in [0.4, 0.5) is 5.69 Å². The zero-order valence-corrected chi connectivity index (χ0v) is 16.7. The van der Waals surface area contributed by atoms with E-state index in [1.165, 1.54) is 12.3 Å². The van der Waals surface area contributed by atoms with Gasteiger partial charge in [-0.1, -0.05) is 12.1 Å².